The summed E-state index contributed by atoms with van der Waals surface area (Å²) in [5, 5.41) is 19.6. The number of amides is 3. The highest BCUT2D eigenvalue weighted by atomic mass is 32.1. The van der Waals surface area contributed by atoms with Crippen molar-refractivity contribution in [3.8, 4) is 0 Å². The molecular formula is C82H139FN10O3S. The molecule has 8 rings (SSSR count). The number of nitrogens with one attached hydrogen (secondary N) is 5. The number of hydrogen-bond acceptors (Lipinski definition) is 11. The van der Waals surface area contributed by atoms with E-state index in [9.17, 15) is 18.8 Å². The molecule has 5 heterocycles. The first-order valence-electron chi connectivity index (χ1n) is 38.1. The number of carbonyl (C=O) groups excluding carboxylic acids is 3. The van der Waals surface area contributed by atoms with E-state index in [1.54, 1.807) is 17.4 Å². The van der Waals surface area contributed by atoms with Crippen LogP contribution in [0.15, 0.2) is 66.0 Å². The highest BCUT2D eigenvalue weighted by Crippen LogP contribution is 2.37. The number of fused-ring (bicyclic) bond motifs is 1. The van der Waals surface area contributed by atoms with Crippen LogP contribution in [0.2, 0.25) is 0 Å². The van der Waals surface area contributed by atoms with Crippen molar-refractivity contribution in [3.05, 3.63) is 110 Å². The smallest absolute Gasteiger partial charge is 0.233 e. The zero-order valence-corrected chi connectivity index (χ0v) is 65.6. The predicted molar refractivity (Wildman–Crippen MR) is 413 cm³/mol. The van der Waals surface area contributed by atoms with E-state index in [4.69, 9.17) is 4.98 Å². The van der Waals surface area contributed by atoms with Crippen molar-refractivity contribution in [2.24, 2.45) is 41.4 Å². The molecule has 3 aromatic carbocycles. The average Bonchev–Trinajstić information content (AvgIpc) is 1.64. The van der Waals surface area contributed by atoms with Gasteiger partial charge < -0.3 is 46.2 Å². The standard InChI is InChI=1S/C20H29FN2O.C16H29N3S.C16H24N2O2.C15H32N2.C15H25N/c1-13(2)12-22-7-5-16(6-8-22)23-19-11-17(14(3)4)18(21)9-15(19)10-20(23)24;1-12(2)10-19-7-5-14(6-8-19)17-9-15-11-20-16(18-15)13(3)4;1-11(2)10-17-15(19)9-16(20)18-14-7-5-6-13(8-14)12(3)4;1-13(2)12-16-8-5-9-17-10-6-15(7-11-17)14(3)4;1-12(2)11-16-10-9-14-5-7-15(8-6-14)13(3)4/h9,11,13-14,16H,5-8,10,12H2,1-4H3;11-14,17H,5-10H2,1-4H3;5-8,11-12H,9-10H2,1-4H3,(H,17,19)(H,18,20);13-16H,5-12H2,1-4H3;5-8,12-13,16H,9-11H2,1-4H3/i21-1;;;;. The van der Waals surface area contributed by atoms with Gasteiger partial charge in [-0.1, -0.05) is 175 Å². The molecule has 1 aromatic heterocycles. The van der Waals surface area contributed by atoms with Gasteiger partial charge in [-0.25, -0.2) is 9.37 Å². The summed E-state index contributed by atoms with van der Waals surface area (Å²) < 4.78 is 14.2. The van der Waals surface area contributed by atoms with E-state index in [1.807, 2.05) is 62.9 Å². The fourth-order valence-electron chi connectivity index (χ4n) is 12.9. The average molecular weight is 1360 g/mol. The van der Waals surface area contributed by atoms with Crippen molar-refractivity contribution in [2.75, 3.05) is 102 Å². The molecule has 548 valence electrons. The minimum absolute atomic E-state index is 0.126. The maximum absolute atomic E-state index is 14.2. The molecule has 97 heavy (non-hydrogen) atoms. The number of anilines is 2. The van der Waals surface area contributed by atoms with Crippen LogP contribution in [0.5, 0.6) is 0 Å². The Morgan fingerprint density at radius 3 is 1.69 bits per heavy atom. The maximum atomic E-state index is 14.2. The van der Waals surface area contributed by atoms with Gasteiger partial charge in [0.1, 0.15) is 12.2 Å². The first kappa shape index (κ1) is 84.8. The number of likely N-dealkylation sites (tertiary alicyclic amines) is 3. The number of thiazole rings is 1. The third-order valence-electron chi connectivity index (χ3n) is 18.7. The van der Waals surface area contributed by atoms with Gasteiger partial charge in [0.05, 0.1) is 17.1 Å². The van der Waals surface area contributed by atoms with E-state index in [0.29, 0.717) is 54.2 Å². The number of benzene rings is 3. The van der Waals surface area contributed by atoms with Crippen molar-refractivity contribution in [3.63, 3.8) is 0 Å². The van der Waals surface area contributed by atoms with Crippen LogP contribution in [0.25, 0.3) is 0 Å². The monoisotopic (exact) mass is 1360 g/mol. The lowest BCUT2D eigenvalue weighted by molar-refractivity contribution is -0.127. The number of aromatic nitrogens is 1. The van der Waals surface area contributed by atoms with Crippen molar-refractivity contribution >= 4 is 40.4 Å². The summed E-state index contributed by atoms with van der Waals surface area (Å²) in [4.78, 5) is 50.3. The second kappa shape index (κ2) is 45.3. The molecule has 4 aromatic rings. The molecule has 0 aliphatic carbocycles. The normalized spacial score (nSPS) is 16.1. The van der Waals surface area contributed by atoms with Crippen LogP contribution in [0.3, 0.4) is 0 Å². The minimum atomic E-state index is -0.285. The van der Waals surface area contributed by atoms with Gasteiger partial charge in [-0.3, -0.25) is 14.4 Å². The molecule has 4 aliphatic heterocycles. The van der Waals surface area contributed by atoms with Gasteiger partial charge in [-0.2, -0.15) is 0 Å². The summed E-state index contributed by atoms with van der Waals surface area (Å²) in [6.07, 6.45) is 10.0. The van der Waals surface area contributed by atoms with Crippen LogP contribution in [-0.2, 0) is 33.8 Å². The minimum Gasteiger partial charge on any atom is -0.355 e. The Balaban J connectivity index is 0.000000260. The van der Waals surface area contributed by atoms with Crippen LogP contribution in [0, 0.1) is 47.2 Å². The van der Waals surface area contributed by atoms with Gasteiger partial charge in [0, 0.05) is 74.0 Å². The van der Waals surface area contributed by atoms with Crippen molar-refractivity contribution in [1.29, 1.82) is 0 Å². The molecule has 0 unspecified atom stereocenters. The van der Waals surface area contributed by atoms with Crippen molar-refractivity contribution in [2.45, 2.75) is 245 Å². The zero-order valence-electron chi connectivity index (χ0n) is 64.8. The van der Waals surface area contributed by atoms with Crippen LogP contribution >= 0.6 is 11.3 Å². The number of halogens is 1. The highest BCUT2D eigenvalue weighted by Gasteiger charge is 2.36. The second-order valence-electron chi connectivity index (χ2n) is 32.0. The van der Waals surface area contributed by atoms with E-state index in [2.05, 4.69) is 182 Å². The Hall–Kier alpha value is -4.61. The Morgan fingerprint density at radius 2 is 1.16 bits per heavy atom. The Bertz CT molecular complexity index is 2810. The third-order valence-corrected chi connectivity index (χ3v) is 19.9. The number of nitrogens with zero attached hydrogens (tertiary/aromatic N) is 5. The van der Waals surface area contributed by atoms with Crippen LogP contribution < -0.4 is 31.5 Å². The third kappa shape index (κ3) is 33.6. The number of hydrogen-bond donors (Lipinski definition) is 5. The molecule has 3 fully saturated rings. The molecule has 15 heteroatoms. The summed E-state index contributed by atoms with van der Waals surface area (Å²) in [6, 6.07) is 21.1. The van der Waals surface area contributed by atoms with Crippen LogP contribution in [0.1, 0.15) is 252 Å². The molecule has 3 saturated heterocycles. The highest BCUT2D eigenvalue weighted by molar-refractivity contribution is 7.09. The van der Waals surface area contributed by atoms with E-state index in [1.165, 1.54) is 99.7 Å². The van der Waals surface area contributed by atoms with Crippen molar-refractivity contribution in [1.82, 2.24) is 41.0 Å². The summed E-state index contributed by atoms with van der Waals surface area (Å²) in [6.45, 7) is 60.9. The first-order valence-corrected chi connectivity index (χ1v) is 39.0. The number of rotatable bonds is 29. The first-order chi connectivity index (χ1) is 46.0. The fraction of sp³-hybridized carbons (Fsp3) is 0.707. The lowest BCUT2D eigenvalue weighted by Gasteiger charge is -2.37. The molecule has 0 radical (unpaired) electrons. The molecule has 5 N–H and O–H groups in total. The topological polar surface area (TPSA) is 137 Å². The van der Waals surface area contributed by atoms with E-state index < -0.39 is 0 Å². The SMILES string of the molecule is CC(C)CN1CCC(N2C(=O)Cc3cc([18F])c(C(C)C)cc32)CC1.CC(C)CN1CCC(NCc2csc(C(C)C)n2)CC1.CC(C)CNC(=O)CC(=O)Nc1cccc(C(C)C)c1.CC(C)CNCCCN1CCC(C(C)C)CC1.CC(C)CNCCc1ccc(C(C)C)cc1. The van der Waals surface area contributed by atoms with Gasteiger partial charge in [-0.05, 0) is 222 Å². The maximum Gasteiger partial charge on any atom is 0.233 e. The van der Waals surface area contributed by atoms with Gasteiger partial charge in [0.2, 0.25) is 17.7 Å². The molecule has 3 amide bonds. The number of carbonyl (C=O) groups is 3. The Kier molecular flexibility index (Phi) is 39.6. The van der Waals surface area contributed by atoms with E-state index in [0.717, 1.165) is 117 Å². The predicted octanol–water partition coefficient (Wildman–Crippen LogP) is 16.9. The van der Waals surface area contributed by atoms with Gasteiger partial charge in [0.15, 0.2) is 0 Å². The molecule has 0 spiro atoms. The lowest BCUT2D eigenvalue weighted by Crippen LogP contribution is -2.47. The van der Waals surface area contributed by atoms with Gasteiger partial charge >= 0.3 is 0 Å². The molecule has 4 aliphatic rings. The summed E-state index contributed by atoms with van der Waals surface area (Å²) >= 11 is 1.79. The number of piperidine rings is 3. The van der Waals surface area contributed by atoms with Gasteiger partial charge in [0.25, 0.3) is 0 Å². The molecule has 0 saturated carbocycles. The van der Waals surface area contributed by atoms with E-state index in [-0.39, 0.29) is 41.9 Å². The Morgan fingerprint density at radius 1 is 0.598 bits per heavy atom. The van der Waals surface area contributed by atoms with E-state index >= 15 is 0 Å². The van der Waals surface area contributed by atoms with Crippen molar-refractivity contribution < 1.29 is 18.8 Å². The van der Waals surface area contributed by atoms with Gasteiger partial charge in [-0.15, -0.1) is 11.3 Å². The van der Waals surface area contributed by atoms with Crippen LogP contribution in [0.4, 0.5) is 15.8 Å². The molecule has 13 nitrogen and oxygen atoms in total. The molecular weight excluding hydrogens is 1220 g/mol. The molecule has 0 atom stereocenters. The van der Waals surface area contributed by atoms with Crippen LogP contribution in [-0.4, -0.2) is 141 Å². The quantitative estimate of drug-likeness (QED) is 0.0264. The summed E-state index contributed by atoms with van der Waals surface area (Å²) in [5.74, 6) is 6.35. The molecule has 0 bridgehead atoms. The lowest BCUT2D eigenvalue weighted by atomic mass is 9.87. The largest absolute Gasteiger partial charge is 0.355 e. The summed E-state index contributed by atoms with van der Waals surface area (Å²) in [5.41, 5.74) is 8.48. The Labute approximate surface area is 595 Å². The fourth-order valence-corrected chi connectivity index (χ4v) is 13.7. The second-order valence-corrected chi connectivity index (χ2v) is 32.9. The summed E-state index contributed by atoms with van der Waals surface area (Å²) in [7, 11) is 0. The zero-order chi connectivity index (χ0) is 71.7.